The minimum Gasteiger partial charge on any atom is -0.376 e. The van der Waals surface area contributed by atoms with E-state index in [1.165, 1.54) is 5.56 Å². The maximum absolute atomic E-state index is 12.4. The number of aryl methyl sites for hydroxylation is 1. The summed E-state index contributed by atoms with van der Waals surface area (Å²) >= 11 is 0. The maximum atomic E-state index is 12.4. The van der Waals surface area contributed by atoms with E-state index in [0.29, 0.717) is 6.54 Å². The average molecular weight is 318 g/mol. The van der Waals surface area contributed by atoms with Crippen molar-refractivity contribution < 1.29 is 9.53 Å². The predicted octanol–water partition coefficient (Wildman–Crippen LogP) is 1.08. The van der Waals surface area contributed by atoms with Crippen molar-refractivity contribution in [1.29, 1.82) is 0 Å². The van der Waals surface area contributed by atoms with Gasteiger partial charge in [-0.25, -0.2) is 9.97 Å². The van der Waals surface area contributed by atoms with E-state index in [4.69, 9.17) is 4.74 Å². The molecule has 1 aromatic rings. The number of nitrogens with zero attached hydrogens (tertiary/aromatic N) is 3. The second kappa shape index (κ2) is 7.36. The van der Waals surface area contributed by atoms with Crippen LogP contribution in [0.5, 0.6) is 0 Å². The van der Waals surface area contributed by atoms with Gasteiger partial charge in [-0.15, -0.1) is 0 Å². The van der Waals surface area contributed by atoms with Gasteiger partial charge >= 0.3 is 0 Å². The van der Waals surface area contributed by atoms with Gasteiger partial charge < -0.3 is 10.1 Å². The SMILES string of the molecule is CCc1ncc2c(n1)CN(C(C)C(=O)NCC1CCCO1)CC2. The van der Waals surface area contributed by atoms with Crippen LogP contribution in [0.2, 0.25) is 0 Å². The quantitative estimate of drug-likeness (QED) is 0.880. The molecule has 1 saturated heterocycles. The van der Waals surface area contributed by atoms with Crippen molar-refractivity contribution in [3.05, 3.63) is 23.3 Å². The monoisotopic (exact) mass is 318 g/mol. The van der Waals surface area contributed by atoms with E-state index in [0.717, 1.165) is 56.9 Å². The van der Waals surface area contributed by atoms with Gasteiger partial charge in [0, 0.05) is 38.9 Å². The van der Waals surface area contributed by atoms with E-state index in [9.17, 15) is 4.79 Å². The van der Waals surface area contributed by atoms with Crippen LogP contribution in [0.4, 0.5) is 0 Å². The average Bonchev–Trinajstić information content (AvgIpc) is 3.11. The van der Waals surface area contributed by atoms with Gasteiger partial charge in [-0.1, -0.05) is 6.92 Å². The lowest BCUT2D eigenvalue weighted by Crippen LogP contribution is -2.48. The van der Waals surface area contributed by atoms with Gasteiger partial charge in [0.1, 0.15) is 5.82 Å². The number of aromatic nitrogens is 2. The van der Waals surface area contributed by atoms with Crippen LogP contribution in [0.1, 0.15) is 43.8 Å². The Hall–Kier alpha value is -1.53. The molecule has 6 heteroatoms. The van der Waals surface area contributed by atoms with Gasteiger partial charge in [-0.3, -0.25) is 9.69 Å². The van der Waals surface area contributed by atoms with Crippen LogP contribution in [0.3, 0.4) is 0 Å². The highest BCUT2D eigenvalue weighted by atomic mass is 16.5. The van der Waals surface area contributed by atoms with Crippen molar-refractivity contribution in [1.82, 2.24) is 20.2 Å². The van der Waals surface area contributed by atoms with Crippen molar-refractivity contribution in [2.45, 2.75) is 58.2 Å². The van der Waals surface area contributed by atoms with Crippen LogP contribution in [0.15, 0.2) is 6.20 Å². The van der Waals surface area contributed by atoms with Crippen molar-refractivity contribution in [2.75, 3.05) is 19.7 Å². The predicted molar refractivity (Wildman–Crippen MR) is 87.0 cm³/mol. The molecule has 2 atom stereocenters. The fourth-order valence-corrected chi connectivity index (χ4v) is 3.20. The number of hydrogen-bond acceptors (Lipinski definition) is 5. The van der Waals surface area contributed by atoms with Gasteiger partial charge in [0.2, 0.25) is 5.91 Å². The summed E-state index contributed by atoms with van der Waals surface area (Å²) < 4.78 is 5.56. The van der Waals surface area contributed by atoms with E-state index in [1.807, 2.05) is 13.1 Å². The summed E-state index contributed by atoms with van der Waals surface area (Å²) in [5.41, 5.74) is 2.28. The summed E-state index contributed by atoms with van der Waals surface area (Å²) in [5, 5.41) is 3.03. The molecular formula is C17H26N4O2. The molecule has 3 rings (SSSR count). The number of amides is 1. The largest absolute Gasteiger partial charge is 0.376 e. The van der Waals surface area contributed by atoms with E-state index in [2.05, 4.69) is 27.1 Å². The number of fused-ring (bicyclic) bond motifs is 1. The Morgan fingerprint density at radius 3 is 3.17 bits per heavy atom. The molecule has 2 aliphatic heterocycles. The third-order valence-corrected chi connectivity index (χ3v) is 4.80. The van der Waals surface area contributed by atoms with Crippen LogP contribution >= 0.6 is 0 Å². The molecule has 6 nitrogen and oxygen atoms in total. The fourth-order valence-electron chi connectivity index (χ4n) is 3.20. The molecule has 1 N–H and O–H groups in total. The summed E-state index contributed by atoms with van der Waals surface area (Å²) in [4.78, 5) is 23.6. The van der Waals surface area contributed by atoms with Crippen molar-refractivity contribution in [2.24, 2.45) is 0 Å². The number of carbonyl (C=O) groups excluding carboxylic acids is 1. The number of rotatable bonds is 5. The van der Waals surface area contributed by atoms with Crippen molar-refractivity contribution >= 4 is 5.91 Å². The van der Waals surface area contributed by atoms with Gasteiger partial charge in [0.15, 0.2) is 0 Å². The highest BCUT2D eigenvalue weighted by molar-refractivity contribution is 5.81. The smallest absolute Gasteiger partial charge is 0.237 e. The number of nitrogens with one attached hydrogen (secondary N) is 1. The summed E-state index contributed by atoms with van der Waals surface area (Å²) in [6.45, 7) is 7.06. The first-order chi connectivity index (χ1) is 11.2. The Morgan fingerprint density at radius 2 is 2.43 bits per heavy atom. The highest BCUT2D eigenvalue weighted by Crippen LogP contribution is 2.19. The van der Waals surface area contributed by atoms with Crippen molar-refractivity contribution in [3.8, 4) is 0 Å². The highest BCUT2D eigenvalue weighted by Gasteiger charge is 2.27. The van der Waals surface area contributed by atoms with E-state index in [-0.39, 0.29) is 18.1 Å². The minimum atomic E-state index is -0.149. The first kappa shape index (κ1) is 16.3. The van der Waals surface area contributed by atoms with Gasteiger partial charge in [0.05, 0.1) is 17.8 Å². The Labute approximate surface area is 137 Å². The Balaban J connectivity index is 1.56. The van der Waals surface area contributed by atoms with Crippen molar-refractivity contribution in [3.63, 3.8) is 0 Å². The standard InChI is InChI=1S/C17H26N4O2/c1-3-16-18-9-13-6-7-21(11-15(13)20-16)12(2)17(22)19-10-14-5-4-8-23-14/h9,12,14H,3-8,10-11H2,1-2H3,(H,19,22). The minimum absolute atomic E-state index is 0.0775. The molecule has 0 bridgehead atoms. The van der Waals surface area contributed by atoms with Crippen LogP contribution < -0.4 is 5.32 Å². The fraction of sp³-hybridized carbons (Fsp3) is 0.706. The molecule has 1 amide bonds. The molecule has 23 heavy (non-hydrogen) atoms. The second-order valence-corrected chi connectivity index (χ2v) is 6.39. The third kappa shape index (κ3) is 3.87. The summed E-state index contributed by atoms with van der Waals surface area (Å²) in [6.07, 6.45) is 6.02. The lowest BCUT2D eigenvalue weighted by atomic mass is 10.0. The van der Waals surface area contributed by atoms with Crippen LogP contribution in [-0.2, 0) is 28.9 Å². The second-order valence-electron chi connectivity index (χ2n) is 6.39. The molecule has 126 valence electrons. The lowest BCUT2D eigenvalue weighted by Gasteiger charge is -2.32. The zero-order chi connectivity index (χ0) is 16.2. The Kier molecular flexibility index (Phi) is 5.23. The van der Waals surface area contributed by atoms with Gasteiger partial charge in [-0.2, -0.15) is 0 Å². The molecule has 3 heterocycles. The topological polar surface area (TPSA) is 67.4 Å². The molecular weight excluding hydrogens is 292 g/mol. The Bertz CT molecular complexity index is 558. The van der Waals surface area contributed by atoms with E-state index in [1.54, 1.807) is 0 Å². The zero-order valence-corrected chi connectivity index (χ0v) is 14.0. The van der Waals surface area contributed by atoms with Gasteiger partial charge in [-0.05, 0) is 31.7 Å². The van der Waals surface area contributed by atoms with Crippen LogP contribution in [0, 0.1) is 0 Å². The maximum Gasteiger partial charge on any atom is 0.237 e. The van der Waals surface area contributed by atoms with E-state index >= 15 is 0 Å². The normalized spacial score (nSPS) is 22.6. The van der Waals surface area contributed by atoms with Gasteiger partial charge in [0.25, 0.3) is 0 Å². The number of ether oxygens (including phenoxy) is 1. The molecule has 1 aromatic heterocycles. The van der Waals surface area contributed by atoms with E-state index < -0.39 is 0 Å². The Morgan fingerprint density at radius 1 is 1.57 bits per heavy atom. The van der Waals surface area contributed by atoms with Crippen LogP contribution in [-0.4, -0.2) is 52.6 Å². The molecule has 0 spiro atoms. The first-order valence-electron chi connectivity index (χ1n) is 8.64. The zero-order valence-electron chi connectivity index (χ0n) is 14.0. The molecule has 0 saturated carbocycles. The molecule has 2 aliphatic rings. The van der Waals surface area contributed by atoms with Crippen LogP contribution in [0.25, 0.3) is 0 Å². The lowest BCUT2D eigenvalue weighted by molar-refractivity contribution is -0.126. The number of hydrogen-bond donors (Lipinski definition) is 1. The first-order valence-corrected chi connectivity index (χ1v) is 8.64. The molecule has 2 unspecified atom stereocenters. The molecule has 0 radical (unpaired) electrons. The summed E-state index contributed by atoms with van der Waals surface area (Å²) in [7, 11) is 0. The number of carbonyl (C=O) groups is 1. The molecule has 1 fully saturated rings. The molecule has 0 aliphatic carbocycles. The summed E-state index contributed by atoms with van der Waals surface area (Å²) in [6, 6.07) is -0.149. The molecule has 0 aromatic carbocycles. The third-order valence-electron chi connectivity index (χ3n) is 4.80. The summed E-state index contributed by atoms with van der Waals surface area (Å²) in [5.74, 6) is 0.954.